The van der Waals surface area contributed by atoms with E-state index in [-0.39, 0.29) is 12.0 Å². The zero-order chi connectivity index (χ0) is 15.8. The number of carbonyl (C=O) groups is 1. The summed E-state index contributed by atoms with van der Waals surface area (Å²) in [7, 11) is 4.02. The van der Waals surface area contributed by atoms with Gasteiger partial charge in [-0.2, -0.15) is 0 Å². The van der Waals surface area contributed by atoms with Crippen molar-refractivity contribution in [3.63, 3.8) is 0 Å². The minimum Gasteiger partial charge on any atom is -0.443 e. The number of hydrogen-bond acceptors (Lipinski definition) is 4. The van der Waals surface area contributed by atoms with Crippen LogP contribution in [0.3, 0.4) is 0 Å². The van der Waals surface area contributed by atoms with E-state index < -0.39 is 5.60 Å². The maximum absolute atomic E-state index is 12.4. The van der Waals surface area contributed by atoms with Crippen molar-refractivity contribution < 1.29 is 9.53 Å². The van der Waals surface area contributed by atoms with Crippen LogP contribution in [0.2, 0.25) is 5.02 Å². The van der Waals surface area contributed by atoms with E-state index in [1.54, 1.807) is 11.1 Å². The summed E-state index contributed by atoms with van der Waals surface area (Å²) in [6.07, 6.45) is 1.20. The molecule has 2 heterocycles. The van der Waals surface area contributed by atoms with Gasteiger partial charge in [0.2, 0.25) is 0 Å². The molecule has 1 unspecified atom stereocenters. The van der Waals surface area contributed by atoms with Crippen LogP contribution in [0.25, 0.3) is 0 Å². The average molecular weight is 312 g/mol. The number of rotatable bonds is 2. The van der Waals surface area contributed by atoms with Crippen LogP contribution in [-0.2, 0) is 4.74 Å². The van der Waals surface area contributed by atoms with Crippen LogP contribution in [0, 0.1) is 0 Å². The van der Waals surface area contributed by atoms with Gasteiger partial charge in [0.1, 0.15) is 11.4 Å². The van der Waals surface area contributed by atoms with Gasteiger partial charge in [0.25, 0.3) is 0 Å². The molecule has 1 aliphatic heterocycles. The Hall–Kier alpha value is -1.33. The molecule has 1 atom stereocenters. The second-order valence-electron chi connectivity index (χ2n) is 6.62. The molecule has 0 radical (unpaired) electrons. The zero-order valence-corrected chi connectivity index (χ0v) is 13.9. The molecule has 0 spiro atoms. The molecule has 1 amide bonds. The van der Waals surface area contributed by atoms with E-state index in [4.69, 9.17) is 16.3 Å². The lowest BCUT2D eigenvalue weighted by Crippen LogP contribution is -2.37. The Balaban J connectivity index is 2.29. The lowest BCUT2D eigenvalue weighted by Gasteiger charge is -2.24. The highest BCUT2D eigenvalue weighted by molar-refractivity contribution is 6.30. The second kappa shape index (κ2) is 5.81. The molecule has 0 aromatic carbocycles. The minimum absolute atomic E-state index is 0.189. The highest BCUT2D eigenvalue weighted by Gasteiger charge is 2.36. The van der Waals surface area contributed by atoms with Crippen LogP contribution in [0.5, 0.6) is 0 Å². The van der Waals surface area contributed by atoms with Crippen molar-refractivity contribution in [3.05, 3.63) is 22.8 Å². The molecule has 0 aliphatic carbocycles. The van der Waals surface area contributed by atoms with Crippen LogP contribution in [0.4, 0.5) is 10.6 Å². The summed E-state index contributed by atoms with van der Waals surface area (Å²) >= 11 is 6.05. The number of likely N-dealkylation sites (N-methyl/N-ethyl adjacent to an activating group) is 1. The van der Waals surface area contributed by atoms with E-state index in [9.17, 15) is 4.79 Å². The maximum atomic E-state index is 12.4. The first-order valence-electron chi connectivity index (χ1n) is 6.98. The summed E-state index contributed by atoms with van der Waals surface area (Å²) in [6, 6.07) is 1.89. The number of halogens is 1. The molecular weight excluding hydrogens is 290 g/mol. The molecule has 1 aromatic heterocycles. The van der Waals surface area contributed by atoms with Gasteiger partial charge in [-0.15, -0.1) is 0 Å². The number of amides is 1. The van der Waals surface area contributed by atoms with Gasteiger partial charge in [-0.3, -0.25) is 4.90 Å². The van der Waals surface area contributed by atoms with Crippen LogP contribution in [-0.4, -0.2) is 48.8 Å². The van der Waals surface area contributed by atoms with Gasteiger partial charge >= 0.3 is 6.09 Å². The molecule has 5 nitrogen and oxygen atoms in total. The molecule has 0 saturated carbocycles. The monoisotopic (exact) mass is 311 g/mol. The fourth-order valence-electron chi connectivity index (χ4n) is 2.45. The largest absolute Gasteiger partial charge is 0.443 e. The van der Waals surface area contributed by atoms with Gasteiger partial charge < -0.3 is 9.64 Å². The van der Waals surface area contributed by atoms with Crippen LogP contribution in [0.1, 0.15) is 32.3 Å². The molecule has 116 valence electrons. The molecule has 6 heteroatoms. The predicted molar refractivity (Wildman–Crippen MR) is 84.1 cm³/mol. The van der Waals surface area contributed by atoms with Crippen molar-refractivity contribution in [3.8, 4) is 0 Å². The van der Waals surface area contributed by atoms with Crippen molar-refractivity contribution in [1.82, 2.24) is 9.88 Å². The van der Waals surface area contributed by atoms with E-state index in [1.807, 2.05) is 40.9 Å². The van der Waals surface area contributed by atoms with Gasteiger partial charge in [0.15, 0.2) is 0 Å². The lowest BCUT2D eigenvalue weighted by atomic mass is 10.0. The van der Waals surface area contributed by atoms with Gasteiger partial charge in [0, 0.05) is 30.8 Å². The molecule has 0 fully saturated rings. The highest BCUT2D eigenvalue weighted by Crippen LogP contribution is 2.37. The first-order chi connectivity index (χ1) is 9.67. The molecule has 2 rings (SSSR count). The van der Waals surface area contributed by atoms with Gasteiger partial charge in [-0.05, 0) is 40.9 Å². The van der Waals surface area contributed by atoms with Gasteiger partial charge in [-0.25, -0.2) is 9.78 Å². The van der Waals surface area contributed by atoms with Crippen LogP contribution in [0.15, 0.2) is 12.3 Å². The molecule has 1 aromatic rings. The van der Waals surface area contributed by atoms with Crippen molar-refractivity contribution in [1.29, 1.82) is 0 Å². The van der Waals surface area contributed by atoms with Crippen molar-refractivity contribution >= 4 is 23.5 Å². The summed E-state index contributed by atoms with van der Waals surface area (Å²) in [6.45, 7) is 6.96. The van der Waals surface area contributed by atoms with Gasteiger partial charge in [-0.1, -0.05) is 11.6 Å². The van der Waals surface area contributed by atoms with E-state index in [1.165, 1.54) is 0 Å². The summed E-state index contributed by atoms with van der Waals surface area (Å²) in [5.41, 5.74) is 0.477. The zero-order valence-electron chi connectivity index (χ0n) is 13.2. The standard InChI is InChI=1S/C15H22ClN3O2/c1-15(2,3)21-14(20)19-9-10(8-18(4)5)12-6-11(16)7-17-13(12)19/h6-7,10H,8-9H2,1-5H3. The summed E-state index contributed by atoms with van der Waals surface area (Å²) in [4.78, 5) is 20.4. The van der Waals surface area contributed by atoms with Crippen molar-refractivity contribution in [2.75, 3.05) is 32.1 Å². The van der Waals surface area contributed by atoms with Gasteiger partial charge in [0.05, 0.1) is 5.02 Å². The average Bonchev–Trinajstić information content (AvgIpc) is 2.65. The Labute approximate surface area is 130 Å². The summed E-state index contributed by atoms with van der Waals surface area (Å²) in [5, 5.41) is 0.587. The number of carbonyl (C=O) groups excluding carboxylic acids is 1. The number of anilines is 1. The maximum Gasteiger partial charge on any atom is 0.416 e. The SMILES string of the molecule is CN(C)CC1CN(C(=O)OC(C)(C)C)c2ncc(Cl)cc21. The highest BCUT2D eigenvalue weighted by atomic mass is 35.5. The molecular formula is C15H22ClN3O2. The molecule has 1 aliphatic rings. The third-order valence-corrected chi connectivity index (χ3v) is 3.37. The normalized spacial score (nSPS) is 18.0. The van der Waals surface area contributed by atoms with E-state index in [0.717, 1.165) is 12.1 Å². The number of aromatic nitrogens is 1. The smallest absolute Gasteiger partial charge is 0.416 e. The minimum atomic E-state index is -0.524. The van der Waals surface area contributed by atoms with E-state index in [2.05, 4.69) is 9.88 Å². The predicted octanol–water partition coefficient (Wildman–Crippen LogP) is 3.14. The number of ether oxygens (including phenoxy) is 1. The third kappa shape index (κ3) is 3.86. The first-order valence-corrected chi connectivity index (χ1v) is 7.36. The number of hydrogen-bond donors (Lipinski definition) is 0. The Morgan fingerprint density at radius 2 is 2.19 bits per heavy atom. The number of fused-ring (bicyclic) bond motifs is 1. The third-order valence-electron chi connectivity index (χ3n) is 3.16. The molecule has 21 heavy (non-hydrogen) atoms. The summed E-state index contributed by atoms with van der Waals surface area (Å²) in [5.74, 6) is 0.842. The fraction of sp³-hybridized carbons (Fsp3) is 0.600. The second-order valence-corrected chi connectivity index (χ2v) is 7.05. The molecule has 0 saturated heterocycles. The molecule has 0 N–H and O–H groups in total. The quantitative estimate of drug-likeness (QED) is 0.842. The van der Waals surface area contributed by atoms with Crippen LogP contribution >= 0.6 is 11.6 Å². The van der Waals surface area contributed by atoms with Crippen molar-refractivity contribution in [2.24, 2.45) is 0 Å². The Bertz CT molecular complexity index is 540. The van der Waals surface area contributed by atoms with E-state index in [0.29, 0.717) is 17.4 Å². The fourth-order valence-corrected chi connectivity index (χ4v) is 2.62. The molecule has 0 bridgehead atoms. The topological polar surface area (TPSA) is 45.7 Å². The first kappa shape index (κ1) is 16.0. The number of pyridine rings is 1. The Morgan fingerprint density at radius 3 is 2.76 bits per heavy atom. The Kier molecular flexibility index (Phi) is 4.44. The van der Waals surface area contributed by atoms with Crippen LogP contribution < -0.4 is 4.90 Å². The lowest BCUT2D eigenvalue weighted by molar-refractivity contribution is 0.0580. The Morgan fingerprint density at radius 1 is 1.52 bits per heavy atom. The van der Waals surface area contributed by atoms with Crippen molar-refractivity contribution in [2.45, 2.75) is 32.3 Å². The number of nitrogens with zero attached hydrogens (tertiary/aromatic N) is 3. The van der Waals surface area contributed by atoms with E-state index >= 15 is 0 Å². The summed E-state index contributed by atoms with van der Waals surface area (Å²) < 4.78 is 5.46.